The lowest BCUT2D eigenvalue weighted by Gasteiger charge is -2.40. The number of rotatable bonds is 8. The van der Waals surface area contributed by atoms with Crippen molar-refractivity contribution in [3.63, 3.8) is 0 Å². The highest BCUT2D eigenvalue weighted by Gasteiger charge is 2.33. The van der Waals surface area contributed by atoms with Gasteiger partial charge in [0.05, 0.1) is 13.2 Å². The number of carbonyl (C=O) groups is 1. The van der Waals surface area contributed by atoms with Crippen LogP contribution in [0.4, 0.5) is 4.79 Å². The predicted molar refractivity (Wildman–Crippen MR) is 131 cm³/mol. The number of hydrogen-bond acceptors (Lipinski definition) is 4. The van der Waals surface area contributed by atoms with Crippen LogP contribution in [0.15, 0.2) is 22.7 Å². The first kappa shape index (κ1) is 23.9. The Bertz CT molecular complexity index is 745. The van der Waals surface area contributed by atoms with E-state index < -0.39 is 0 Å². The summed E-state index contributed by atoms with van der Waals surface area (Å²) in [6.45, 7) is 7.70. The van der Waals surface area contributed by atoms with E-state index in [9.17, 15) is 4.79 Å². The van der Waals surface area contributed by atoms with Crippen LogP contribution in [0, 0.1) is 11.8 Å². The normalized spacial score (nSPS) is 23.9. The summed E-state index contributed by atoms with van der Waals surface area (Å²) in [5.41, 5.74) is 1.36. The van der Waals surface area contributed by atoms with Crippen LogP contribution >= 0.6 is 15.9 Å². The number of benzene rings is 1. The Balaban J connectivity index is 1.20. The Morgan fingerprint density at radius 1 is 1.09 bits per heavy atom. The molecule has 1 unspecified atom stereocenters. The second kappa shape index (κ2) is 11.7. The van der Waals surface area contributed by atoms with Gasteiger partial charge >= 0.3 is 6.09 Å². The van der Waals surface area contributed by atoms with E-state index in [0.29, 0.717) is 25.2 Å². The van der Waals surface area contributed by atoms with Crippen LogP contribution in [-0.2, 0) is 11.2 Å². The molecule has 0 spiro atoms. The van der Waals surface area contributed by atoms with Gasteiger partial charge in [-0.25, -0.2) is 4.79 Å². The molecule has 6 heteroatoms. The maximum atomic E-state index is 12.3. The minimum absolute atomic E-state index is 0.0754. The molecule has 1 aromatic carbocycles. The van der Waals surface area contributed by atoms with Crippen molar-refractivity contribution in [2.75, 3.05) is 39.4 Å². The van der Waals surface area contributed by atoms with E-state index in [1.165, 1.54) is 55.2 Å². The largest absolute Gasteiger partial charge is 0.494 e. The average molecular weight is 508 g/mol. The molecule has 1 amide bonds. The van der Waals surface area contributed by atoms with E-state index in [1.54, 1.807) is 0 Å². The van der Waals surface area contributed by atoms with Crippen molar-refractivity contribution < 1.29 is 14.3 Å². The zero-order valence-corrected chi connectivity index (χ0v) is 21.2. The highest BCUT2D eigenvalue weighted by atomic mass is 79.9. The minimum atomic E-state index is -0.0754. The van der Waals surface area contributed by atoms with Crippen molar-refractivity contribution in [1.29, 1.82) is 0 Å². The van der Waals surface area contributed by atoms with E-state index in [2.05, 4.69) is 33.0 Å². The molecule has 1 atom stereocenters. The molecule has 0 radical (unpaired) electrons. The first-order valence-corrected chi connectivity index (χ1v) is 13.5. The molecule has 5 nitrogen and oxygen atoms in total. The fraction of sp³-hybridized carbons (Fsp3) is 0.731. The number of nitrogens with zero attached hydrogens (tertiary/aromatic N) is 2. The van der Waals surface area contributed by atoms with Crippen LogP contribution in [0.2, 0.25) is 0 Å². The van der Waals surface area contributed by atoms with Gasteiger partial charge in [0, 0.05) is 23.0 Å². The molecule has 4 rings (SSSR count). The van der Waals surface area contributed by atoms with Gasteiger partial charge in [-0.3, -0.25) is 0 Å². The Hall–Kier alpha value is -1.27. The number of cyclic esters (lactones) is 1. The van der Waals surface area contributed by atoms with Gasteiger partial charge < -0.3 is 19.3 Å². The van der Waals surface area contributed by atoms with Crippen LogP contribution in [0.25, 0.3) is 0 Å². The van der Waals surface area contributed by atoms with Gasteiger partial charge in [0.15, 0.2) is 0 Å². The maximum Gasteiger partial charge on any atom is 0.410 e. The summed E-state index contributed by atoms with van der Waals surface area (Å²) in [5.74, 6) is 2.18. The van der Waals surface area contributed by atoms with E-state index in [1.807, 2.05) is 17.9 Å². The number of carbonyl (C=O) groups excluding carboxylic acids is 1. The van der Waals surface area contributed by atoms with Crippen molar-refractivity contribution in [2.24, 2.45) is 11.8 Å². The van der Waals surface area contributed by atoms with E-state index in [4.69, 9.17) is 9.47 Å². The number of ether oxygens (including phenoxy) is 2. The Morgan fingerprint density at radius 2 is 1.88 bits per heavy atom. The molecule has 2 heterocycles. The second-order valence-electron chi connectivity index (χ2n) is 9.85. The lowest BCUT2D eigenvalue weighted by molar-refractivity contribution is 0.0138. The average Bonchev–Trinajstić information content (AvgIpc) is 2.82. The summed E-state index contributed by atoms with van der Waals surface area (Å²) in [5, 5.41) is 0. The van der Waals surface area contributed by atoms with Gasteiger partial charge in [0.2, 0.25) is 0 Å². The first-order valence-electron chi connectivity index (χ1n) is 12.7. The van der Waals surface area contributed by atoms with Crippen molar-refractivity contribution >= 4 is 22.0 Å². The van der Waals surface area contributed by atoms with Crippen molar-refractivity contribution in [3.8, 4) is 5.75 Å². The van der Waals surface area contributed by atoms with E-state index in [0.717, 1.165) is 50.4 Å². The van der Waals surface area contributed by atoms with Crippen LogP contribution in [0.3, 0.4) is 0 Å². The molecule has 3 fully saturated rings. The monoisotopic (exact) mass is 506 g/mol. The van der Waals surface area contributed by atoms with Crippen molar-refractivity contribution in [2.45, 2.75) is 70.8 Å². The summed E-state index contributed by atoms with van der Waals surface area (Å²) in [7, 11) is 0. The SMILES string of the molecule is CCOc1ccc(Br)c(CC2CCN(CCC3COC(=O)N(C4CCCCC4)C3)CC2)c1. The third kappa shape index (κ3) is 6.40. The Kier molecular flexibility index (Phi) is 8.75. The molecule has 32 heavy (non-hydrogen) atoms. The smallest absolute Gasteiger partial charge is 0.410 e. The molecule has 1 aliphatic carbocycles. The molecular formula is C26H39BrN2O3. The fourth-order valence-electron chi connectivity index (χ4n) is 5.60. The quantitative estimate of drug-likeness (QED) is 0.440. The molecule has 0 bridgehead atoms. The highest BCUT2D eigenvalue weighted by molar-refractivity contribution is 9.10. The van der Waals surface area contributed by atoms with Crippen LogP contribution in [0.5, 0.6) is 5.75 Å². The molecule has 0 aromatic heterocycles. The van der Waals surface area contributed by atoms with Gasteiger partial charge in [-0.05, 0) is 94.8 Å². The Morgan fingerprint density at radius 3 is 2.62 bits per heavy atom. The molecule has 2 aliphatic heterocycles. The van der Waals surface area contributed by atoms with E-state index in [-0.39, 0.29) is 6.09 Å². The zero-order chi connectivity index (χ0) is 22.3. The molecule has 3 aliphatic rings. The first-order chi connectivity index (χ1) is 15.6. The van der Waals surface area contributed by atoms with Gasteiger partial charge in [0.25, 0.3) is 0 Å². The molecule has 1 aromatic rings. The number of amides is 1. The number of likely N-dealkylation sites (tertiary alicyclic amines) is 1. The maximum absolute atomic E-state index is 12.3. The van der Waals surface area contributed by atoms with Gasteiger partial charge in [-0.2, -0.15) is 0 Å². The summed E-state index contributed by atoms with van der Waals surface area (Å²) in [6, 6.07) is 6.76. The highest BCUT2D eigenvalue weighted by Crippen LogP contribution is 2.30. The third-order valence-electron chi connectivity index (χ3n) is 7.54. The van der Waals surface area contributed by atoms with Crippen molar-refractivity contribution in [1.82, 2.24) is 9.80 Å². The van der Waals surface area contributed by atoms with E-state index >= 15 is 0 Å². The lowest BCUT2D eigenvalue weighted by Crippen LogP contribution is -2.49. The zero-order valence-electron chi connectivity index (χ0n) is 19.6. The van der Waals surface area contributed by atoms with Crippen LogP contribution in [0.1, 0.15) is 63.9 Å². The molecule has 178 valence electrons. The lowest BCUT2D eigenvalue weighted by atomic mass is 9.89. The fourth-order valence-corrected chi connectivity index (χ4v) is 6.01. The molecule has 0 N–H and O–H groups in total. The minimum Gasteiger partial charge on any atom is -0.494 e. The van der Waals surface area contributed by atoms with Gasteiger partial charge in [-0.1, -0.05) is 35.2 Å². The molecular weight excluding hydrogens is 468 g/mol. The number of hydrogen-bond donors (Lipinski definition) is 0. The predicted octanol–water partition coefficient (Wildman–Crippen LogP) is 5.89. The molecule has 2 saturated heterocycles. The standard InChI is InChI=1S/C26H39BrN2O3/c1-2-31-24-8-9-25(27)22(17-24)16-20-10-13-28(14-11-20)15-12-21-18-29(26(30)32-19-21)23-6-4-3-5-7-23/h8-9,17,20-21,23H,2-7,10-16,18-19H2,1H3. The van der Waals surface area contributed by atoms with Crippen LogP contribution < -0.4 is 4.74 Å². The number of piperidine rings is 1. The summed E-state index contributed by atoms with van der Waals surface area (Å²) in [6.07, 6.45) is 10.8. The van der Waals surface area contributed by atoms with Gasteiger partial charge in [0.1, 0.15) is 5.75 Å². The summed E-state index contributed by atoms with van der Waals surface area (Å²) >= 11 is 3.72. The number of halogens is 1. The van der Waals surface area contributed by atoms with Crippen LogP contribution in [-0.4, -0.2) is 61.3 Å². The Labute approximate surface area is 201 Å². The third-order valence-corrected chi connectivity index (χ3v) is 8.32. The molecule has 1 saturated carbocycles. The van der Waals surface area contributed by atoms with Gasteiger partial charge in [-0.15, -0.1) is 0 Å². The topological polar surface area (TPSA) is 42.0 Å². The summed E-state index contributed by atoms with van der Waals surface area (Å²) < 4.78 is 12.5. The second-order valence-corrected chi connectivity index (χ2v) is 10.7. The van der Waals surface area contributed by atoms with Crippen molar-refractivity contribution in [3.05, 3.63) is 28.2 Å². The summed E-state index contributed by atoms with van der Waals surface area (Å²) in [4.78, 5) is 17.0.